The molecule has 0 bridgehead atoms. The van der Waals surface area contributed by atoms with E-state index in [9.17, 15) is 4.79 Å². The predicted molar refractivity (Wildman–Crippen MR) is 87.7 cm³/mol. The van der Waals surface area contributed by atoms with Gasteiger partial charge < -0.3 is 9.64 Å². The van der Waals surface area contributed by atoms with Crippen molar-refractivity contribution in [1.82, 2.24) is 19.5 Å². The maximum atomic E-state index is 12.6. The van der Waals surface area contributed by atoms with Crippen molar-refractivity contribution in [2.45, 2.75) is 38.7 Å². The largest absolute Gasteiger partial charge is 0.489 e. The number of aromatic nitrogens is 3. The zero-order chi connectivity index (χ0) is 16.1. The molecule has 3 heterocycles. The van der Waals surface area contributed by atoms with Gasteiger partial charge in [-0.15, -0.1) is 5.10 Å². The summed E-state index contributed by atoms with van der Waals surface area (Å²) in [6, 6.07) is 3.77. The molecule has 122 valence electrons. The van der Waals surface area contributed by atoms with Crippen LogP contribution in [0, 0.1) is 0 Å². The second-order valence-corrected chi connectivity index (χ2v) is 6.35. The SMILES string of the molecule is CCCc1nnsc1C(=O)N1CCC(Oc2cccnc2)CC1. The fourth-order valence-electron chi connectivity index (χ4n) is 2.70. The molecule has 3 rings (SSSR count). The quantitative estimate of drug-likeness (QED) is 0.842. The van der Waals surface area contributed by atoms with Crippen LogP contribution in [0.4, 0.5) is 0 Å². The molecule has 6 nitrogen and oxygen atoms in total. The lowest BCUT2D eigenvalue weighted by molar-refractivity contribution is 0.0598. The average molecular weight is 332 g/mol. The molecule has 2 aromatic rings. The van der Waals surface area contributed by atoms with Crippen LogP contribution in [0.3, 0.4) is 0 Å². The van der Waals surface area contributed by atoms with Gasteiger partial charge in [-0.05, 0) is 30.1 Å². The van der Waals surface area contributed by atoms with Crippen LogP contribution in [0.2, 0.25) is 0 Å². The molecule has 0 N–H and O–H groups in total. The number of pyridine rings is 1. The second kappa shape index (κ2) is 7.50. The van der Waals surface area contributed by atoms with Crippen molar-refractivity contribution in [3.63, 3.8) is 0 Å². The van der Waals surface area contributed by atoms with Gasteiger partial charge in [0.25, 0.3) is 5.91 Å². The van der Waals surface area contributed by atoms with Gasteiger partial charge in [-0.1, -0.05) is 17.8 Å². The lowest BCUT2D eigenvalue weighted by atomic mass is 10.1. The number of carbonyl (C=O) groups excluding carboxylic acids is 1. The number of aryl methyl sites for hydroxylation is 1. The maximum Gasteiger partial charge on any atom is 0.267 e. The summed E-state index contributed by atoms with van der Waals surface area (Å²) in [6.45, 7) is 3.48. The molecule has 0 spiro atoms. The highest BCUT2D eigenvalue weighted by Gasteiger charge is 2.27. The summed E-state index contributed by atoms with van der Waals surface area (Å²) in [4.78, 5) is 19.3. The van der Waals surface area contributed by atoms with Gasteiger partial charge in [0.2, 0.25) is 0 Å². The van der Waals surface area contributed by atoms with E-state index in [2.05, 4.69) is 21.5 Å². The lowest BCUT2D eigenvalue weighted by Crippen LogP contribution is -2.41. The number of piperidine rings is 1. The second-order valence-electron chi connectivity index (χ2n) is 5.60. The number of rotatable bonds is 5. The molecule has 0 aliphatic carbocycles. The van der Waals surface area contributed by atoms with Gasteiger partial charge in [0.05, 0.1) is 11.9 Å². The van der Waals surface area contributed by atoms with E-state index in [0.717, 1.165) is 37.1 Å². The van der Waals surface area contributed by atoms with Gasteiger partial charge in [0.1, 0.15) is 16.7 Å². The molecule has 1 fully saturated rings. The Morgan fingerprint density at radius 3 is 2.96 bits per heavy atom. The van der Waals surface area contributed by atoms with Crippen LogP contribution in [-0.4, -0.2) is 44.6 Å². The third kappa shape index (κ3) is 3.85. The molecular formula is C16H20N4O2S. The fourth-order valence-corrected chi connectivity index (χ4v) is 3.38. The molecule has 0 saturated carbocycles. The summed E-state index contributed by atoms with van der Waals surface area (Å²) in [5, 5.41) is 4.08. The van der Waals surface area contributed by atoms with E-state index in [0.29, 0.717) is 18.0 Å². The zero-order valence-electron chi connectivity index (χ0n) is 13.1. The molecule has 0 atom stereocenters. The van der Waals surface area contributed by atoms with Crippen LogP contribution in [-0.2, 0) is 6.42 Å². The van der Waals surface area contributed by atoms with E-state index in [4.69, 9.17) is 4.74 Å². The normalized spacial score (nSPS) is 15.6. The smallest absolute Gasteiger partial charge is 0.267 e. The van der Waals surface area contributed by atoms with Crippen molar-refractivity contribution >= 4 is 17.4 Å². The van der Waals surface area contributed by atoms with Gasteiger partial charge in [-0.3, -0.25) is 9.78 Å². The van der Waals surface area contributed by atoms with Crippen LogP contribution in [0.5, 0.6) is 5.75 Å². The van der Waals surface area contributed by atoms with E-state index in [1.54, 1.807) is 12.4 Å². The summed E-state index contributed by atoms with van der Waals surface area (Å²) in [5.74, 6) is 0.845. The van der Waals surface area contributed by atoms with E-state index in [1.807, 2.05) is 17.0 Å². The standard InChI is InChI=1S/C16H20N4O2S/c1-2-4-14-15(23-19-18-14)16(21)20-9-6-12(7-10-20)22-13-5-3-8-17-11-13/h3,5,8,11-12H,2,4,6-7,9-10H2,1H3. The first kappa shape index (κ1) is 15.9. The Hall–Kier alpha value is -2.02. The maximum absolute atomic E-state index is 12.6. The van der Waals surface area contributed by atoms with Crippen LogP contribution in [0.1, 0.15) is 41.6 Å². The topological polar surface area (TPSA) is 68.2 Å². The van der Waals surface area contributed by atoms with Crippen LogP contribution in [0.25, 0.3) is 0 Å². The van der Waals surface area contributed by atoms with Crippen LogP contribution in [0.15, 0.2) is 24.5 Å². The predicted octanol–water partition coefficient (Wildman–Crippen LogP) is 2.57. The van der Waals surface area contributed by atoms with Gasteiger partial charge in [0, 0.05) is 32.1 Å². The third-order valence-electron chi connectivity index (χ3n) is 3.90. The van der Waals surface area contributed by atoms with Crippen LogP contribution >= 0.6 is 11.5 Å². The number of likely N-dealkylation sites (tertiary alicyclic amines) is 1. The first-order valence-corrected chi connectivity index (χ1v) is 8.72. The van der Waals surface area contributed by atoms with Crippen molar-refractivity contribution in [1.29, 1.82) is 0 Å². The Labute approximate surface area is 139 Å². The summed E-state index contributed by atoms with van der Waals surface area (Å²) in [7, 11) is 0. The number of hydrogen-bond acceptors (Lipinski definition) is 6. The molecule has 0 radical (unpaired) electrons. The highest BCUT2D eigenvalue weighted by atomic mass is 32.1. The summed E-state index contributed by atoms with van der Waals surface area (Å²) in [5.41, 5.74) is 0.830. The molecule has 1 aliphatic heterocycles. The van der Waals surface area contributed by atoms with Crippen molar-refractivity contribution in [2.24, 2.45) is 0 Å². The Morgan fingerprint density at radius 1 is 1.43 bits per heavy atom. The lowest BCUT2D eigenvalue weighted by Gasteiger charge is -2.31. The van der Waals surface area contributed by atoms with Crippen molar-refractivity contribution in [3.05, 3.63) is 35.1 Å². The van der Waals surface area contributed by atoms with Gasteiger partial charge >= 0.3 is 0 Å². The molecule has 1 saturated heterocycles. The number of amides is 1. The molecule has 0 unspecified atom stereocenters. The van der Waals surface area contributed by atoms with Gasteiger partial charge in [0.15, 0.2) is 0 Å². The molecule has 2 aromatic heterocycles. The monoisotopic (exact) mass is 332 g/mol. The first-order valence-electron chi connectivity index (χ1n) is 7.95. The van der Waals surface area contributed by atoms with Crippen LogP contribution < -0.4 is 4.74 Å². The highest BCUT2D eigenvalue weighted by molar-refractivity contribution is 7.08. The van der Waals surface area contributed by atoms with E-state index in [-0.39, 0.29) is 12.0 Å². The van der Waals surface area contributed by atoms with E-state index >= 15 is 0 Å². The summed E-state index contributed by atoms with van der Waals surface area (Å²) in [6.07, 6.45) is 7.01. The number of nitrogens with zero attached hydrogens (tertiary/aromatic N) is 4. The minimum Gasteiger partial charge on any atom is -0.489 e. The highest BCUT2D eigenvalue weighted by Crippen LogP contribution is 2.21. The van der Waals surface area contributed by atoms with E-state index in [1.165, 1.54) is 11.5 Å². The Balaban J connectivity index is 1.56. The van der Waals surface area contributed by atoms with Gasteiger partial charge in [-0.25, -0.2) is 0 Å². The summed E-state index contributed by atoms with van der Waals surface area (Å²) < 4.78 is 9.85. The molecular weight excluding hydrogens is 312 g/mol. The van der Waals surface area contributed by atoms with E-state index < -0.39 is 0 Å². The van der Waals surface area contributed by atoms with Crippen molar-refractivity contribution in [2.75, 3.05) is 13.1 Å². The minimum atomic E-state index is 0.0586. The zero-order valence-corrected chi connectivity index (χ0v) is 14.0. The Kier molecular flexibility index (Phi) is 5.17. The first-order chi connectivity index (χ1) is 11.3. The molecule has 23 heavy (non-hydrogen) atoms. The Morgan fingerprint density at radius 2 is 2.26 bits per heavy atom. The van der Waals surface area contributed by atoms with Crippen molar-refractivity contribution < 1.29 is 9.53 Å². The van der Waals surface area contributed by atoms with Gasteiger partial charge in [-0.2, -0.15) is 0 Å². The third-order valence-corrected chi connectivity index (χ3v) is 4.66. The number of ether oxygens (including phenoxy) is 1. The number of hydrogen-bond donors (Lipinski definition) is 0. The molecule has 1 aliphatic rings. The molecule has 1 amide bonds. The average Bonchev–Trinajstić information content (AvgIpc) is 3.04. The Bertz CT molecular complexity index is 639. The molecule has 7 heteroatoms. The molecule has 0 aromatic carbocycles. The van der Waals surface area contributed by atoms with Crippen molar-refractivity contribution in [3.8, 4) is 5.75 Å². The minimum absolute atomic E-state index is 0.0586. The number of carbonyl (C=O) groups is 1. The summed E-state index contributed by atoms with van der Waals surface area (Å²) >= 11 is 1.20. The fraction of sp³-hybridized carbons (Fsp3) is 0.500.